The van der Waals surface area contributed by atoms with Gasteiger partial charge in [-0.05, 0) is 43.5 Å². The summed E-state index contributed by atoms with van der Waals surface area (Å²) in [5.74, 6) is -1.31. The number of carboxylic acid groups (broad SMARTS) is 1. The fourth-order valence-electron chi connectivity index (χ4n) is 2.53. The Bertz CT molecular complexity index is 674. The highest BCUT2D eigenvalue weighted by Gasteiger charge is 2.40. The van der Waals surface area contributed by atoms with Crippen LogP contribution < -0.4 is 5.32 Å². The number of amides is 1. The molecule has 1 amide bonds. The molecule has 1 saturated carbocycles. The first-order chi connectivity index (χ1) is 10.3. The molecule has 0 radical (unpaired) electrons. The third kappa shape index (κ3) is 3.47. The third-order valence-corrected chi connectivity index (χ3v) is 5.79. The Morgan fingerprint density at radius 1 is 1.23 bits per heavy atom. The first-order valence-corrected chi connectivity index (χ1v) is 8.80. The van der Waals surface area contributed by atoms with Gasteiger partial charge in [0.25, 0.3) is 5.91 Å². The molecule has 0 unspecified atom stereocenters. The van der Waals surface area contributed by atoms with Gasteiger partial charge in [-0.1, -0.05) is 6.92 Å². The van der Waals surface area contributed by atoms with Crippen LogP contribution in [0.1, 0.15) is 43.0 Å². The zero-order valence-electron chi connectivity index (χ0n) is 12.3. The Morgan fingerprint density at radius 3 is 2.23 bits per heavy atom. The summed E-state index contributed by atoms with van der Waals surface area (Å²) < 4.78 is 23.4. The van der Waals surface area contributed by atoms with Crippen molar-refractivity contribution >= 4 is 21.7 Å². The van der Waals surface area contributed by atoms with Gasteiger partial charge in [0, 0.05) is 5.56 Å². The molecule has 22 heavy (non-hydrogen) atoms. The Labute approximate surface area is 129 Å². The maximum atomic E-state index is 12.2. The fourth-order valence-corrected chi connectivity index (χ4v) is 3.42. The summed E-state index contributed by atoms with van der Waals surface area (Å²) in [6.45, 7) is 1.56. The van der Waals surface area contributed by atoms with Gasteiger partial charge in [0.15, 0.2) is 9.84 Å². The summed E-state index contributed by atoms with van der Waals surface area (Å²) >= 11 is 0. The van der Waals surface area contributed by atoms with E-state index in [4.69, 9.17) is 5.11 Å². The van der Waals surface area contributed by atoms with Crippen LogP contribution in [0.2, 0.25) is 0 Å². The van der Waals surface area contributed by atoms with E-state index in [0.29, 0.717) is 18.4 Å². The van der Waals surface area contributed by atoms with Crippen molar-refractivity contribution in [1.82, 2.24) is 5.32 Å². The normalized spacial score (nSPS) is 16.6. The number of sulfone groups is 1. The van der Waals surface area contributed by atoms with Gasteiger partial charge in [-0.15, -0.1) is 0 Å². The van der Waals surface area contributed by atoms with E-state index >= 15 is 0 Å². The maximum absolute atomic E-state index is 12.2. The Hall–Kier alpha value is -1.89. The van der Waals surface area contributed by atoms with Crippen molar-refractivity contribution in [3.63, 3.8) is 0 Å². The molecular weight excluding hydrogens is 306 g/mol. The highest BCUT2D eigenvalue weighted by molar-refractivity contribution is 7.91. The number of aliphatic carboxylic acids is 1. The number of carbonyl (C=O) groups excluding carboxylic acids is 1. The number of benzene rings is 1. The average Bonchev–Trinajstić information content (AvgIpc) is 2.44. The summed E-state index contributed by atoms with van der Waals surface area (Å²) in [5.41, 5.74) is -0.344. The number of hydrogen-bond acceptors (Lipinski definition) is 4. The van der Waals surface area contributed by atoms with Gasteiger partial charge in [-0.3, -0.25) is 9.59 Å². The lowest BCUT2D eigenvalue weighted by molar-refractivity contribution is -0.139. The van der Waals surface area contributed by atoms with Gasteiger partial charge < -0.3 is 10.4 Å². The average molecular weight is 325 g/mol. The molecule has 7 heteroatoms. The molecule has 120 valence electrons. The van der Waals surface area contributed by atoms with E-state index in [1.165, 1.54) is 24.3 Å². The summed E-state index contributed by atoms with van der Waals surface area (Å²) in [4.78, 5) is 23.3. The van der Waals surface area contributed by atoms with Crippen LogP contribution in [0, 0.1) is 0 Å². The van der Waals surface area contributed by atoms with Crippen LogP contribution in [-0.2, 0) is 14.6 Å². The van der Waals surface area contributed by atoms with E-state index in [9.17, 15) is 18.0 Å². The molecule has 0 aromatic heterocycles. The predicted octanol–water partition coefficient (Wildman–Crippen LogP) is 1.61. The molecule has 0 aliphatic heterocycles. The van der Waals surface area contributed by atoms with Crippen molar-refractivity contribution in [2.45, 2.75) is 43.0 Å². The second-order valence-corrected chi connectivity index (χ2v) is 7.86. The van der Waals surface area contributed by atoms with Crippen molar-refractivity contribution in [3.05, 3.63) is 29.8 Å². The standard InChI is InChI=1S/C15H19NO5S/c1-2-22(20,21)12-6-4-11(5-7-12)14(19)16-15(8-3-9-15)10-13(17)18/h4-7H,2-3,8-10H2,1H3,(H,16,19)(H,17,18). The summed E-state index contributed by atoms with van der Waals surface area (Å²) in [6.07, 6.45) is 2.09. The molecule has 0 spiro atoms. The van der Waals surface area contributed by atoms with Crippen molar-refractivity contribution in [2.75, 3.05) is 5.75 Å². The highest BCUT2D eigenvalue weighted by Crippen LogP contribution is 2.35. The minimum atomic E-state index is -3.29. The Balaban J connectivity index is 2.12. The first kappa shape index (κ1) is 16.5. The van der Waals surface area contributed by atoms with E-state index < -0.39 is 21.3 Å². The van der Waals surface area contributed by atoms with Crippen LogP contribution in [0.3, 0.4) is 0 Å². The van der Waals surface area contributed by atoms with Gasteiger partial charge >= 0.3 is 5.97 Å². The summed E-state index contributed by atoms with van der Waals surface area (Å²) in [7, 11) is -3.29. The summed E-state index contributed by atoms with van der Waals surface area (Å²) in [5, 5.41) is 11.7. The van der Waals surface area contributed by atoms with Gasteiger partial charge in [-0.2, -0.15) is 0 Å². The lowest BCUT2D eigenvalue weighted by atomic mass is 9.74. The number of rotatable bonds is 6. The minimum absolute atomic E-state index is 0.000264. The zero-order chi connectivity index (χ0) is 16.4. The van der Waals surface area contributed by atoms with Gasteiger partial charge in [0.2, 0.25) is 0 Å². The molecule has 6 nitrogen and oxygen atoms in total. The zero-order valence-corrected chi connectivity index (χ0v) is 13.1. The van der Waals surface area contributed by atoms with Gasteiger partial charge in [-0.25, -0.2) is 8.42 Å². The Kier molecular flexibility index (Phi) is 4.55. The topological polar surface area (TPSA) is 101 Å². The van der Waals surface area contributed by atoms with E-state index in [0.717, 1.165) is 6.42 Å². The van der Waals surface area contributed by atoms with Crippen LogP contribution >= 0.6 is 0 Å². The van der Waals surface area contributed by atoms with Crippen molar-refractivity contribution < 1.29 is 23.1 Å². The fraction of sp³-hybridized carbons (Fsp3) is 0.467. The highest BCUT2D eigenvalue weighted by atomic mass is 32.2. The monoisotopic (exact) mass is 325 g/mol. The molecular formula is C15H19NO5S. The maximum Gasteiger partial charge on any atom is 0.305 e. The minimum Gasteiger partial charge on any atom is -0.481 e. The SMILES string of the molecule is CCS(=O)(=O)c1ccc(C(=O)NC2(CC(=O)O)CCC2)cc1. The van der Waals surface area contributed by atoms with Gasteiger partial charge in [0.05, 0.1) is 22.6 Å². The lowest BCUT2D eigenvalue weighted by Gasteiger charge is -2.41. The van der Waals surface area contributed by atoms with Crippen LogP contribution in [0.25, 0.3) is 0 Å². The molecule has 2 rings (SSSR count). The van der Waals surface area contributed by atoms with Crippen LogP contribution in [0.15, 0.2) is 29.2 Å². The predicted molar refractivity (Wildman–Crippen MR) is 80.5 cm³/mol. The van der Waals surface area contributed by atoms with Crippen LogP contribution in [-0.4, -0.2) is 36.7 Å². The molecule has 1 aliphatic rings. The van der Waals surface area contributed by atoms with Crippen molar-refractivity contribution in [3.8, 4) is 0 Å². The van der Waals surface area contributed by atoms with Crippen molar-refractivity contribution in [1.29, 1.82) is 0 Å². The van der Waals surface area contributed by atoms with E-state index in [2.05, 4.69) is 5.32 Å². The molecule has 1 aromatic rings. The lowest BCUT2D eigenvalue weighted by Crippen LogP contribution is -2.54. The number of hydrogen-bond donors (Lipinski definition) is 2. The van der Waals surface area contributed by atoms with Crippen LogP contribution in [0.4, 0.5) is 0 Å². The molecule has 1 aliphatic carbocycles. The van der Waals surface area contributed by atoms with Crippen LogP contribution in [0.5, 0.6) is 0 Å². The van der Waals surface area contributed by atoms with Gasteiger partial charge in [0.1, 0.15) is 0 Å². The third-order valence-electron chi connectivity index (χ3n) is 4.03. The molecule has 0 saturated heterocycles. The molecule has 0 heterocycles. The summed E-state index contributed by atoms with van der Waals surface area (Å²) in [6, 6.07) is 5.70. The Morgan fingerprint density at radius 2 is 1.82 bits per heavy atom. The van der Waals surface area contributed by atoms with E-state index in [1.54, 1.807) is 6.92 Å². The first-order valence-electron chi connectivity index (χ1n) is 7.15. The quantitative estimate of drug-likeness (QED) is 0.827. The molecule has 1 aromatic carbocycles. The number of carboxylic acids is 1. The number of nitrogens with one attached hydrogen (secondary N) is 1. The smallest absolute Gasteiger partial charge is 0.305 e. The molecule has 0 bridgehead atoms. The molecule has 0 atom stereocenters. The van der Waals surface area contributed by atoms with E-state index in [1.807, 2.05) is 0 Å². The van der Waals surface area contributed by atoms with Crippen molar-refractivity contribution in [2.24, 2.45) is 0 Å². The largest absolute Gasteiger partial charge is 0.481 e. The molecule has 1 fully saturated rings. The number of carbonyl (C=O) groups is 2. The second-order valence-electron chi connectivity index (χ2n) is 5.59. The van der Waals surface area contributed by atoms with E-state index in [-0.39, 0.29) is 23.0 Å². The second kappa shape index (κ2) is 6.08. The molecule has 2 N–H and O–H groups in total.